The third kappa shape index (κ3) is 3.75. The van der Waals surface area contributed by atoms with Crippen molar-refractivity contribution >= 4 is 22.8 Å². The molecule has 0 spiro atoms. The lowest BCUT2D eigenvalue weighted by atomic mass is 9.84. The van der Waals surface area contributed by atoms with Gasteiger partial charge in [-0.2, -0.15) is 0 Å². The maximum absolute atomic E-state index is 13.2. The Balaban J connectivity index is 1.61. The topological polar surface area (TPSA) is 68.3 Å². The van der Waals surface area contributed by atoms with E-state index in [0.717, 1.165) is 67.1 Å². The lowest BCUT2D eigenvalue weighted by Crippen LogP contribution is -2.41. The number of aryl methyl sites for hydroxylation is 1. The van der Waals surface area contributed by atoms with Gasteiger partial charge in [0.2, 0.25) is 0 Å². The normalized spacial score (nSPS) is 20.6. The highest BCUT2D eigenvalue weighted by Gasteiger charge is 2.29. The van der Waals surface area contributed by atoms with Crippen molar-refractivity contribution in [3.05, 3.63) is 41.1 Å². The molecule has 0 radical (unpaired) electrons. The smallest absolute Gasteiger partial charge is 0.339 e. The predicted octanol–water partition coefficient (Wildman–Crippen LogP) is 3.96. The average Bonchev–Trinajstić information content (AvgIpc) is 3.19. The molecule has 2 aliphatic rings. The van der Waals surface area contributed by atoms with Gasteiger partial charge in [0.1, 0.15) is 0 Å². The van der Waals surface area contributed by atoms with E-state index in [2.05, 4.69) is 12.2 Å². The zero-order chi connectivity index (χ0) is 19.7. The third-order valence-corrected chi connectivity index (χ3v) is 6.06. The number of nitrogens with zero attached hydrogens (tertiary/aromatic N) is 1. The van der Waals surface area contributed by atoms with Gasteiger partial charge in [-0.1, -0.05) is 38.0 Å². The number of para-hydroxylation sites is 1. The molecular weight excluding hydrogens is 352 g/mol. The Labute approximate surface area is 165 Å². The van der Waals surface area contributed by atoms with Crippen molar-refractivity contribution in [3.63, 3.8) is 0 Å². The zero-order valence-corrected chi connectivity index (χ0v) is 16.7. The van der Waals surface area contributed by atoms with E-state index in [1.165, 1.54) is 0 Å². The van der Waals surface area contributed by atoms with Crippen molar-refractivity contribution in [2.24, 2.45) is 5.92 Å². The number of rotatable bonds is 4. The summed E-state index contributed by atoms with van der Waals surface area (Å²) in [7, 11) is 0. The van der Waals surface area contributed by atoms with Crippen LogP contribution in [0.3, 0.4) is 0 Å². The minimum Gasteiger partial charge on any atom is -0.449 e. The summed E-state index contributed by atoms with van der Waals surface area (Å²) in [6.07, 6.45) is 6.27. The van der Waals surface area contributed by atoms with Gasteiger partial charge in [0.25, 0.3) is 5.91 Å². The first kappa shape index (κ1) is 18.9. The first-order valence-corrected chi connectivity index (χ1v) is 10.4. The molecule has 1 heterocycles. The number of benzene rings is 1. The van der Waals surface area contributed by atoms with Crippen LogP contribution in [0.25, 0.3) is 10.9 Å². The van der Waals surface area contributed by atoms with Gasteiger partial charge in [0.05, 0.1) is 11.1 Å². The number of fused-ring (bicyclic) bond motifs is 2. The summed E-state index contributed by atoms with van der Waals surface area (Å²) in [5.41, 5.74) is 3.39. The summed E-state index contributed by atoms with van der Waals surface area (Å²) in [6, 6.07) is 7.90. The van der Waals surface area contributed by atoms with E-state index in [1.54, 1.807) is 6.92 Å². The number of carbonyl (C=O) groups excluding carboxylic acids is 2. The molecule has 0 bridgehead atoms. The monoisotopic (exact) mass is 380 g/mol. The van der Waals surface area contributed by atoms with Crippen LogP contribution in [0.2, 0.25) is 0 Å². The molecule has 1 fully saturated rings. The number of esters is 1. The highest BCUT2D eigenvalue weighted by atomic mass is 16.5. The number of hydrogen-bond donors (Lipinski definition) is 1. The van der Waals surface area contributed by atoms with E-state index in [4.69, 9.17) is 9.72 Å². The molecule has 4 rings (SSSR count). The molecule has 1 saturated carbocycles. The maximum atomic E-state index is 13.2. The van der Waals surface area contributed by atoms with Crippen molar-refractivity contribution in [2.75, 3.05) is 0 Å². The fourth-order valence-corrected chi connectivity index (χ4v) is 4.46. The number of aromatic nitrogens is 1. The number of pyridine rings is 1. The Bertz CT molecular complexity index is 902. The number of ether oxygens (including phenoxy) is 1. The van der Waals surface area contributed by atoms with Crippen molar-refractivity contribution in [3.8, 4) is 0 Å². The van der Waals surface area contributed by atoms with Gasteiger partial charge in [-0.05, 0) is 56.6 Å². The fourth-order valence-electron chi connectivity index (χ4n) is 4.46. The van der Waals surface area contributed by atoms with E-state index in [9.17, 15) is 9.59 Å². The number of hydrogen-bond acceptors (Lipinski definition) is 4. The van der Waals surface area contributed by atoms with Crippen molar-refractivity contribution in [1.82, 2.24) is 10.3 Å². The summed E-state index contributed by atoms with van der Waals surface area (Å²) in [6.45, 7) is 3.85. The first-order chi connectivity index (χ1) is 13.5. The molecule has 5 nitrogen and oxygen atoms in total. The largest absolute Gasteiger partial charge is 0.449 e. The van der Waals surface area contributed by atoms with Crippen LogP contribution in [0.5, 0.6) is 0 Å². The van der Waals surface area contributed by atoms with Crippen molar-refractivity contribution < 1.29 is 14.3 Å². The van der Waals surface area contributed by atoms with Crippen molar-refractivity contribution in [1.29, 1.82) is 0 Å². The first-order valence-electron chi connectivity index (χ1n) is 10.4. The van der Waals surface area contributed by atoms with Gasteiger partial charge in [-0.3, -0.25) is 9.78 Å². The van der Waals surface area contributed by atoms with Crippen LogP contribution in [-0.4, -0.2) is 29.0 Å². The van der Waals surface area contributed by atoms with Crippen LogP contribution < -0.4 is 5.32 Å². The van der Waals surface area contributed by atoms with E-state index in [0.29, 0.717) is 11.5 Å². The molecule has 0 saturated heterocycles. The van der Waals surface area contributed by atoms with Gasteiger partial charge in [-0.15, -0.1) is 0 Å². The Kier molecular flexibility index (Phi) is 5.33. The highest BCUT2D eigenvalue weighted by Crippen LogP contribution is 2.32. The molecule has 1 aromatic carbocycles. The Morgan fingerprint density at radius 3 is 2.71 bits per heavy atom. The molecule has 2 atom stereocenters. The summed E-state index contributed by atoms with van der Waals surface area (Å²) >= 11 is 0. The van der Waals surface area contributed by atoms with Gasteiger partial charge in [0, 0.05) is 17.1 Å². The molecule has 2 aromatic rings. The SMILES string of the molecule is C[C@@H]1CCc2nc3ccccc3c(C(=O)O[C@H](C)C(=O)NC3CCCC3)c2C1. The van der Waals surface area contributed by atoms with E-state index >= 15 is 0 Å². The van der Waals surface area contributed by atoms with Gasteiger partial charge >= 0.3 is 5.97 Å². The maximum Gasteiger partial charge on any atom is 0.339 e. The Hall–Kier alpha value is -2.43. The van der Waals surface area contributed by atoms with Gasteiger partial charge < -0.3 is 10.1 Å². The lowest BCUT2D eigenvalue weighted by Gasteiger charge is -2.25. The molecule has 0 aliphatic heterocycles. The van der Waals surface area contributed by atoms with E-state index in [1.807, 2.05) is 24.3 Å². The van der Waals surface area contributed by atoms with Crippen molar-refractivity contribution in [2.45, 2.75) is 70.9 Å². The number of carbonyl (C=O) groups is 2. The molecule has 1 amide bonds. The van der Waals surface area contributed by atoms with Crippen LogP contribution in [0, 0.1) is 5.92 Å². The molecule has 148 valence electrons. The van der Waals surface area contributed by atoms with Crippen LogP contribution in [0.15, 0.2) is 24.3 Å². The molecule has 28 heavy (non-hydrogen) atoms. The Morgan fingerprint density at radius 1 is 1.18 bits per heavy atom. The molecular formula is C23H28N2O3. The molecule has 0 unspecified atom stereocenters. The second-order valence-electron chi connectivity index (χ2n) is 8.31. The summed E-state index contributed by atoms with van der Waals surface area (Å²) in [4.78, 5) is 30.4. The molecule has 1 aromatic heterocycles. The van der Waals surface area contributed by atoms with Crippen LogP contribution in [0.1, 0.15) is 67.6 Å². The second kappa shape index (κ2) is 7.90. The van der Waals surface area contributed by atoms with Gasteiger partial charge in [0.15, 0.2) is 6.10 Å². The minimum absolute atomic E-state index is 0.208. The highest BCUT2D eigenvalue weighted by molar-refractivity contribution is 6.05. The average molecular weight is 380 g/mol. The minimum atomic E-state index is -0.809. The van der Waals surface area contributed by atoms with Crippen LogP contribution in [-0.2, 0) is 22.4 Å². The second-order valence-corrected chi connectivity index (χ2v) is 8.31. The van der Waals surface area contributed by atoms with E-state index < -0.39 is 12.1 Å². The fraction of sp³-hybridized carbons (Fsp3) is 0.522. The molecule has 1 N–H and O–H groups in total. The summed E-state index contributed by atoms with van der Waals surface area (Å²) in [5, 5.41) is 3.82. The summed E-state index contributed by atoms with van der Waals surface area (Å²) in [5.74, 6) is -0.121. The predicted molar refractivity (Wildman–Crippen MR) is 108 cm³/mol. The summed E-state index contributed by atoms with van der Waals surface area (Å²) < 4.78 is 5.64. The number of amides is 1. The third-order valence-electron chi connectivity index (χ3n) is 6.06. The lowest BCUT2D eigenvalue weighted by molar-refractivity contribution is -0.129. The van der Waals surface area contributed by atoms with Gasteiger partial charge in [-0.25, -0.2) is 4.79 Å². The Morgan fingerprint density at radius 2 is 1.93 bits per heavy atom. The zero-order valence-electron chi connectivity index (χ0n) is 16.7. The quantitative estimate of drug-likeness (QED) is 0.815. The standard InChI is InChI=1S/C23H28N2O3/c1-14-11-12-20-18(13-14)21(17-9-5-6-10-19(17)25-20)23(27)28-15(2)22(26)24-16-7-3-4-8-16/h5-6,9-10,14-16H,3-4,7-8,11-13H2,1-2H3,(H,24,26)/t14-,15-/m1/s1. The molecule has 5 heteroatoms. The number of nitrogens with one attached hydrogen (secondary N) is 1. The molecule has 2 aliphatic carbocycles. The van der Waals surface area contributed by atoms with E-state index in [-0.39, 0.29) is 11.9 Å². The van der Waals surface area contributed by atoms with Crippen LogP contribution in [0.4, 0.5) is 0 Å². The van der Waals surface area contributed by atoms with Crippen LogP contribution >= 0.6 is 0 Å².